The molecule has 1 amide bonds. The van der Waals surface area contributed by atoms with Gasteiger partial charge >= 0.3 is 0 Å². The zero-order chi connectivity index (χ0) is 20.4. The van der Waals surface area contributed by atoms with E-state index in [9.17, 15) is 9.18 Å². The van der Waals surface area contributed by atoms with E-state index in [4.69, 9.17) is 10.3 Å². The van der Waals surface area contributed by atoms with Crippen LogP contribution in [0.3, 0.4) is 0 Å². The number of hydrogen-bond acceptors (Lipinski definition) is 6. The summed E-state index contributed by atoms with van der Waals surface area (Å²) in [6, 6.07) is 15.1. The molecule has 7 nitrogen and oxygen atoms in total. The lowest BCUT2D eigenvalue weighted by molar-refractivity contribution is -0.119. The largest absolute Gasteiger partial charge is 0.459 e. The molecule has 0 spiro atoms. The molecule has 1 atom stereocenters. The second kappa shape index (κ2) is 7.96. The number of furan rings is 1. The Kier molecular flexibility index (Phi) is 5.22. The monoisotopic (exact) mass is 411 g/mol. The van der Waals surface area contributed by atoms with Crippen molar-refractivity contribution in [2.45, 2.75) is 18.1 Å². The SMILES string of the molecule is C[C@H](NC(=O)CSc1nnc(-c2ccc(F)cc2)n1N)c1cc2ccccc2o1. The van der Waals surface area contributed by atoms with E-state index in [1.165, 1.54) is 16.8 Å². The first-order valence-corrected chi connectivity index (χ1v) is 9.87. The summed E-state index contributed by atoms with van der Waals surface area (Å²) >= 11 is 1.16. The molecule has 0 radical (unpaired) electrons. The van der Waals surface area contributed by atoms with Crippen LogP contribution in [0, 0.1) is 5.82 Å². The Hall–Kier alpha value is -3.33. The molecule has 2 aromatic heterocycles. The maximum absolute atomic E-state index is 13.1. The summed E-state index contributed by atoms with van der Waals surface area (Å²) in [6.07, 6.45) is 0. The predicted octanol–water partition coefficient (Wildman–Crippen LogP) is 3.51. The predicted molar refractivity (Wildman–Crippen MR) is 109 cm³/mol. The van der Waals surface area contributed by atoms with Gasteiger partial charge in [0.1, 0.15) is 17.2 Å². The highest BCUT2D eigenvalue weighted by atomic mass is 32.2. The molecule has 9 heteroatoms. The molecule has 0 aliphatic carbocycles. The lowest BCUT2D eigenvalue weighted by Crippen LogP contribution is -2.28. The van der Waals surface area contributed by atoms with Gasteiger partial charge in [-0.05, 0) is 43.3 Å². The Morgan fingerprint density at radius 3 is 2.76 bits per heavy atom. The van der Waals surface area contributed by atoms with Crippen molar-refractivity contribution in [3.63, 3.8) is 0 Å². The molecule has 2 heterocycles. The smallest absolute Gasteiger partial charge is 0.231 e. The van der Waals surface area contributed by atoms with Crippen LogP contribution < -0.4 is 11.2 Å². The van der Waals surface area contributed by atoms with E-state index in [0.717, 1.165) is 22.7 Å². The van der Waals surface area contributed by atoms with Crippen LogP contribution >= 0.6 is 11.8 Å². The number of para-hydroxylation sites is 1. The molecule has 3 N–H and O–H groups in total. The minimum atomic E-state index is -0.346. The summed E-state index contributed by atoms with van der Waals surface area (Å²) < 4.78 is 20.1. The number of carbonyl (C=O) groups excluding carboxylic acids is 1. The molecular weight excluding hydrogens is 393 g/mol. The number of aromatic nitrogens is 3. The van der Waals surface area contributed by atoms with E-state index in [-0.39, 0.29) is 23.5 Å². The Bertz CT molecular complexity index is 1120. The van der Waals surface area contributed by atoms with E-state index in [0.29, 0.717) is 22.3 Å². The van der Waals surface area contributed by atoms with Gasteiger partial charge in [0.2, 0.25) is 11.1 Å². The van der Waals surface area contributed by atoms with Gasteiger partial charge in [0, 0.05) is 10.9 Å². The second-order valence-electron chi connectivity index (χ2n) is 6.45. The van der Waals surface area contributed by atoms with Crippen molar-refractivity contribution in [2.75, 3.05) is 11.6 Å². The van der Waals surface area contributed by atoms with Crippen LogP contribution in [0.1, 0.15) is 18.7 Å². The Labute approximate surface area is 170 Å². The van der Waals surface area contributed by atoms with E-state index >= 15 is 0 Å². The van der Waals surface area contributed by atoms with Crippen LogP contribution in [-0.4, -0.2) is 26.5 Å². The van der Waals surface area contributed by atoms with Crippen LogP contribution in [0.4, 0.5) is 4.39 Å². The highest BCUT2D eigenvalue weighted by Crippen LogP contribution is 2.24. The molecule has 0 unspecified atom stereocenters. The van der Waals surface area contributed by atoms with Crippen molar-refractivity contribution >= 4 is 28.6 Å². The number of benzene rings is 2. The summed E-state index contributed by atoms with van der Waals surface area (Å²) in [4.78, 5) is 12.3. The number of thioether (sulfide) groups is 1. The Balaban J connectivity index is 1.37. The number of nitrogens with one attached hydrogen (secondary N) is 1. The van der Waals surface area contributed by atoms with E-state index in [1.54, 1.807) is 12.1 Å². The third-order valence-corrected chi connectivity index (χ3v) is 5.29. The van der Waals surface area contributed by atoms with Gasteiger partial charge in [-0.3, -0.25) is 4.79 Å². The van der Waals surface area contributed by atoms with Crippen LogP contribution in [0.2, 0.25) is 0 Å². The van der Waals surface area contributed by atoms with Crippen molar-refractivity contribution in [3.05, 3.63) is 66.2 Å². The molecule has 0 aliphatic heterocycles. The van der Waals surface area contributed by atoms with Gasteiger partial charge in [0.15, 0.2) is 5.82 Å². The number of hydrogen-bond donors (Lipinski definition) is 2. The topological polar surface area (TPSA) is 99.0 Å². The molecule has 0 fully saturated rings. The molecule has 0 saturated carbocycles. The van der Waals surface area contributed by atoms with E-state index in [1.807, 2.05) is 37.3 Å². The van der Waals surface area contributed by atoms with E-state index < -0.39 is 0 Å². The first-order chi connectivity index (χ1) is 14.0. The minimum Gasteiger partial charge on any atom is -0.459 e. The highest BCUT2D eigenvalue weighted by Gasteiger charge is 2.17. The summed E-state index contributed by atoms with van der Waals surface area (Å²) in [5, 5.41) is 12.3. The fraction of sp³-hybridized carbons (Fsp3) is 0.150. The molecule has 0 saturated heterocycles. The number of nitrogens with two attached hydrogens (primary N) is 1. The van der Waals surface area contributed by atoms with Crippen molar-refractivity contribution < 1.29 is 13.6 Å². The zero-order valence-corrected chi connectivity index (χ0v) is 16.3. The molecular formula is C20H18FN5O2S. The van der Waals surface area contributed by atoms with Gasteiger partial charge in [-0.2, -0.15) is 0 Å². The normalized spacial score (nSPS) is 12.2. The lowest BCUT2D eigenvalue weighted by Gasteiger charge is -2.11. The van der Waals surface area contributed by atoms with Crippen molar-refractivity contribution in [3.8, 4) is 11.4 Å². The molecule has 2 aromatic carbocycles. The quantitative estimate of drug-likeness (QED) is 0.372. The third-order valence-electron chi connectivity index (χ3n) is 4.35. The maximum atomic E-state index is 13.1. The van der Waals surface area contributed by atoms with Crippen LogP contribution in [-0.2, 0) is 4.79 Å². The highest BCUT2D eigenvalue weighted by molar-refractivity contribution is 7.99. The van der Waals surface area contributed by atoms with Gasteiger partial charge < -0.3 is 15.6 Å². The third kappa shape index (κ3) is 4.09. The van der Waals surface area contributed by atoms with Gasteiger partial charge in [0.05, 0.1) is 11.8 Å². The maximum Gasteiger partial charge on any atom is 0.231 e. The first-order valence-electron chi connectivity index (χ1n) is 8.88. The summed E-state index contributed by atoms with van der Waals surface area (Å²) in [6.45, 7) is 1.86. The van der Waals surface area contributed by atoms with Crippen molar-refractivity contribution in [1.29, 1.82) is 0 Å². The number of fused-ring (bicyclic) bond motifs is 1. The van der Waals surface area contributed by atoms with Crippen LogP contribution in [0.25, 0.3) is 22.4 Å². The molecule has 29 heavy (non-hydrogen) atoms. The van der Waals surface area contributed by atoms with Gasteiger partial charge in [-0.15, -0.1) is 10.2 Å². The molecule has 4 rings (SSSR count). The fourth-order valence-electron chi connectivity index (χ4n) is 2.87. The van der Waals surface area contributed by atoms with Gasteiger partial charge in [-0.25, -0.2) is 9.07 Å². The van der Waals surface area contributed by atoms with Crippen molar-refractivity contribution in [1.82, 2.24) is 20.2 Å². The van der Waals surface area contributed by atoms with E-state index in [2.05, 4.69) is 15.5 Å². The molecule has 148 valence electrons. The summed E-state index contributed by atoms with van der Waals surface area (Å²) in [5.74, 6) is 6.69. The number of nitrogen functional groups attached to an aromatic ring is 1. The number of halogens is 1. The second-order valence-corrected chi connectivity index (χ2v) is 7.39. The fourth-order valence-corrected chi connectivity index (χ4v) is 3.54. The standard InChI is InChI=1S/C20H18FN5O2S/c1-12(17-10-14-4-2-3-5-16(14)28-17)23-18(27)11-29-20-25-24-19(26(20)22)13-6-8-15(21)9-7-13/h2-10,12H,11,22H2,1H3,(H,23,27)/t12-/m0/s1. The average Bonchev–Trinajstić information content (AvgIpc) is 3.31. The van der Waals surface area contributed by atoms with Crippen LogP contribution in [0.5, 0.6) is 0 Å². The van der Waals surface area contributed by atoms with Gasteiger partial charge in [0.25, 0.3) is 0 Å². The molecule has 0 aliphatic rings. The average molecular weight is 411 g/mol. The summed E-state index contributed by atoms with van der Waals surface area (Å²) in [7, 11) is 0. The number of nitrogens with zero attached hydrogens (tertiary/aromatic N) is 3. The lowest BCUT2D eigenvalue weighted by atomic mass is 10.2. The number of carbonyl (C=O) groups is 1. The zero-order valence-electron chi connectivity index (χ0n) is 15.5. The first kappa shape index (κ1) is 19.0. The van der Waals surface area contributed by atoms with Gasteiger partial charge in [-0.1, -0.05) is 30.0 Å². The Morgan fingerprint density at radius 2 is 2.00 bits per heavy atom. The number of amides is 1. The summed E-state index contributed by atoms with van der Waals surface area (Å²) in [5.41, 5.74) is 1.42. The molecule has 4 aromatic rings. The number of rotatable bonds is 6. The van der Waals surface area contributed by atoms with Crippen LogP contribution in [0.15, 0.2) is 64.2 Å². The minimum absolute atomic E-state index is 0.114. The van der Waals surface area contributed by atoms with Crippen molar-refractivity contribution in [2.24, 2.45) is 0 Å². The molecule has 0 bridgehead atoms. The Morgan fingerprint density at radius 1 is 1.24 bits per heavy atom.